The number of ether oxygens (including phenoxy) is 1. The Morgan fingerprint density at radius 1 is 1.45 bits per heavy atom. The summed E-state index contributed by atoms with van der Waals surface area (Å²) in [4.78, 5) is 24.8. The average molecular weight is 314 g/mol. The number of hydrogen-bond acceptors (Lipinski definition) is 4. The molecule has 1 aliphatic rings. The maximum Gasteiger partial charge on any atom is 0.387 e. The highest BCUT2D eigenvalue weighted by atomic mass is 19.3. The second-order valence-corrected chi connectivity index (χ2v) is 5.11. The number of likely N-dealkylation sites (tertiary alicyclic amines) is 1. The van der Waals surface area contributed by atoms with Crippen molar-refractivity contribution in [2.24, 2.45) is 0 Å². The first kappa shape index (κ1) is 16.2. The van der Waals surface area contributed by atoms with E-state index in [1.54, 1.807) is 11.9 Å². The molecule has 1 saturated heterocycles. The van der Waals surface area contributed by atoms with E-state index in [0.717, 1.165) is 0 Å². The molecule has 0 unspecified atom stereocenters. The number of carbonyl (C=O) groups excluding carboxylic acids is 1. The third-order valence-corrected chi connectivity index (χ3v) is 3.49. The van der Waals surface area contributed by atoms with Crippen molar-refractivity contribution in [3.63, 3.8) is 0 Å². The maximum atomic E-state index is 12.2. The van der Waals surface area contributed by atoms with Crippen LogP contribution in [-0.2, 0) is 4.79 Å². The summed E-state index contributed by atoms with van der Waals surface area (Å²) in [5, 5.41) is 11.7. The minimum atomic E-state index is -2.96. The Hall–Kier alpha value is -2.22. The largest absolute Gasteiger partial charge is 0.480 e. The van der Waals surface area contributed by atoms with Crippen molar-refractivity contribution < 1.29 is 28.2 Å². The molecule has 8 heteroatoms. The standard InChI is InChI=1S/C14H16F2N2O4/c1-18-7-9(6-11(18)13(20)21)17-12(19)8-3-2-4-10(5-8)22-14(15)16/h2-5,9,11,14H,6-7H2,1H3,(H,17,19)(H,20,21)/t9-,11-/m0/s1. The van der Waals surface area contributed by atoms with Crippen molar-refractivity contribution in [1.29, 1.82) is 0 Å². The fourth-order valence-electron chi connectivity index (χ4n) is 2.48. The number of carbonyl (C=O) groups is 2. The third-order valence-electron chi connectivity index (χ3n) is 3.49. The zero-order valence-electron chi connectivity index (χ0n) is 11.8. The number of aliphatic carboxylic acids is 1. The molecule has 1 fully saturated rings. The van der Waals surface area contributed by atoms with E-state index in [2.05, 4.69) is 10.1 Å². The van der Waals surface area contributed by atoms with Crippen LogP contribution in [0.1, 0.15) is 16.8 Å². The maximum absolute atomic E-state index is 12.2. The van der Waals surface area contributed by atoms with Gasteiger partial charge in [0.2, 0.25) is 0 Å². The Morgan fingerprint density at radius 2 is 2.18 bits per heavy atom. The van der Waals surface area contributed by atoms with E-state index in [-0.39, 0.29) is 17.4 Å². The van der Waals surface area contributed by atoms with Crippen molar-refractivity contribution in [3.8, 4) is 5.75 Å². The van der Waals surface area contributed by atoms with Crippen molar-refractivity contribution >= 4 is 11.9 Å². The molecule has 1 aromatic carbocycles. The van der Waals surface area contributed by atoms with E-state index in [1.807, 2.05) is 0 Å². The van der Waals surface area contributed by atoms with E-state index >= 15 is 0 Å². The highest BCUT2D eigenvalue weighted by Crippen LogP contribution is 2.18. The summed E-state index contributed by atoms with van der Waals surface area (Å²) in [5.41, 5.74) is 0.180. The lowest BCUT2D eigenvalue weighted by Crippen LogP contribution is -2.36. The zero-order chi connectivity index (χ0) is 16.3. The summed E-state index contributed by atoms with van der Waals surface area (Å²) in [5.74, 6) is -1.50. The van der Waals surface area contributed by atoms with Crippen LogP contribution in [-0.4, -0.2) is 54.2 Å². The highest BCUT2D eigenvalue weighted by molar-refractivity contribution is 5.94. The zero-order valence-corrected chi connectivity index (χ0v) is 11.8. The molecule has 0 aliphatic carbocycles. The van der Waals surface area contributed by atoms with Gasteiger partial charge in [0.1, 0.15) is 11.8 Å². The molecule has 1 aliphatic heterocycles. The van der Waals surface area contributed by atoms with Gasteiger partial charge in [-0.1, -0.05) is 6.07 Å². The van der Waals surface area contributed by atoms with Gasteiger partial charge < -0.3 is 15.2 Å². The number of nitrogens with one attached hydrogen (secondary N) is 1. The first-order valence-electron chi connectivity index (χ1n) is 6.65. The van der Waals surface area contributed by atoms with Gasteiger partial charge in [0.15, 0.2) is 0 Å². The molecule has 1 amide bonds. The second kappa shape index (κ2) is 6.69. The molecule has 0 aromatic heterocycles. The molecule has 0 spiro atoms. The molecule has 2 N–H and O–H groups in total. The van der Waals surface area contributed by atoms with Gasteiger partial charge in [0.05, 0.1) is 0 Å². The fourth-order valence-corrected chi connectivity index (χ4v) is 2.48. The number of alkyl halides is 2. The van der Waals surface area contributed by atoms with Crippen molar-refractivity contribution in [3.05, 3.63) is 29.8 Å². The first-order chi connectivity index (χ1) is 10.4. The normalized spacial score (nSPS) is 21.8. The minimum Gasteiger partial charge on any atom is -0.480 e. The van der Waals surface area contributed by atoms with E-state index in [0.29, 0.717) is 13.0 Å². The Morgan fingerprint density at radius 3 is 2.77 bits per heavy atom. The number of nitrogens with zero attached hydrogens (tertiary/aromatic N) is 1. The number of likely N-dealkylation sites (N-methyl/N-ethyl adjacent to an activating group) is 1. The Kier molecular flexibility index (Phi) is 4.92. The molecule has 22 heavy (non-hydrogen) atoms. The Bertz CT molecular complexity index is 568. The number of benzene rings is 1. The van der Waals surface area contributed by atoms with Crippen LogP contribution in [0.2, 0.25) is 0 Å². The van der Waals surface area contributed by atoms with E-state index < -0.39 is 24.5 Å². The van der Waals surface area contributed by atoms with E-state index in [9.17, 15) is 18.4 Å². The lowest BCUT2D eigenvalue weighted by Gasteiger charge is -2.14. The van der Waals surface area contributed by atoms with Gasteiger partial charge in [-0.25, -0.2) is 0 Å². The van der Waals surface area contributed by atoms with Crippen LogP contribution in [0.15, 0.2) is 24.3 Å². The molecule has 0 bridgehead atoms. The van der Waals surface area contributed by atoms with Gasteiger partial charge in [-0.15, -0.1) is 0 Å². The van der Waals surface area contributed by atoms with Crippen LogP contribution >= 0.6 is 0 Å². The quantitative estimate of drug-likeness (QED) is 0.853. The minimum absolute atomic E-state index is 0.102. The fraction of sp³-hybridized carbons (Fsp3) is 0.429. The molecule has 1 heterocycles. The summed E-state index contributed by atoms with van der Waals surface area (Å²) in [6.45, 7) is -2.55. The second-order valence-electron chi connectivity index (χ2n) is 5.11. The molecule has 0 saturated carbocycles. The van der Waals surface area contributed by atoms with Gasteiger partial charge in [-0.05, 0) is 31.7 Å². The highest BCUT2D eigenvalue weighted by Gasteiger charge is 2.35. The van der Waals surface area contributed by atoms with Gasteiger partial charge in [0, 0.05) is 18.2 Å². The number of hydrogen-bond donors (Lipinski definition) is 2. The summed E-state index contributed by atoms with van der Waals surface area (Å²) in [7, 11) is 1.67. The smallest absolute Gasteiger partial charge is 0.387 e. The summed E-state index contributed by atoms with van der Waals surface area (Å²) >= 11 is 0. The number of halogens is 2. The van der Waals surface area contributed by atoms with Crippen LogP contribution in [0.25, 0.3) is 0 Å². The third kappa shape index (κ3) is 3.91. The van der Waals surface area contributed by atoms with Gasteiger partial charge in [-0.2, -0.15) is 8.78 Å². The van der Waals surface area contributed by atoms with Crippen molar-refractivity contribution in [2.75, 3.05) is 13.6 Å². The van der Waals surface area contributed by atoms with Gasteiger partial charge in [-0.3, -0.25) is 14.5 Å². The summed E-state index contributed by atoms with van der Waals surface area (Å²) in [6, 6.07) is 4.51. The molecule has 120 valence electrons. The van der Waals surface area contributed by atoms with Crippen molar-refractivity contribution in [1.82, 2.24) is 10.2 Å². The molecule has 2 atom stereocenters. The predicted octanol–water partition coefficient (Wildman–Crippen LogP) is 1.18. The molecule has 0 radical (unpaired) electrons. The molecule has 2 rings (SSSR count). The van der Waals surface area contributed by atoms with Gasteiger partial charge in [0.25, 0.3) is 5.91 Å². The van der Waals surface area contributed by atoms with E-state index in [1.165, 1.54) is 24.3 Å². The SMILES string of the molecule is CN1C[C@@H](NC(=O)c2cccc(OC(F)F)c2)C[C@H]1C(=O)O. The van der Waals surface area contributed by atoms with Crippen LogP contribution < -0.4 is 10.1 Å². The first-order valence-corrected chi connectivity index (χ1v) is 6.65. The average Bonchev–Trinajstić information content (AvgIpc) is 2.79. The predicted molar refractivity (Wildman–Crippen MR) is 73.0 cm³/mol. The monoisotopic (exact) mass is 314 g/mol. The van der Waals surface area contributed by atoms with Crippen molar-refractivity contribution in [2.45, 2.75) is 25.1 Å². The van der Waals surface area contributed by atoms with Crippen LogP contribution in [0, 0.1) is 0 Å². The van der Waals surface area contributed by atoms with Crippen LogP contribution in [0.4, 0.5) is 8.78 Å². The molecule has 6 nitrogen and oxygen atoms in total. The lowest BCUT2D eigenvalue weighted by molar-refractivity contribution is -0.141. The topological polar surface area (TPSA) is 78.9 Å². The number of carboxylic acid groups (broad SMARTS) is 1. The van der Waals surface area contributed by atoms with Crippen LogP contribution in [0.3, 0.4) is 0 Å². The number of amides is 1. The van der Waals surface area contributed by atoms with E-state index in [4.69, 9.17) is 5.11 Å². The molecule has 1 aromatic rings. The Labute approximate surface area is 125 Å². The number of carboxylic acids is 1. The Balaban J connectivity index is 1.99. The number of rotatable bonds is 5. The summed E-state index contributed by atoms with van der Waals surface area (Å²) in [6.07, 6.45) is 0.296. The molecular weight excluding hydrogens is 298 g/mol. The summed E-state index contributed by atoms with van der Waals surface area (Å²) < 4.78 is 28.6. The van der Waals surface area contributed by atoms with Crippen LogP contribution in [0.5, 0.6) is 5.75 Å². The molecular formula is C14H16F2N2O4. The van der Waals surface area contributed by atoms with Gasteiger partial charge >= 0.3 is 12.6 Å². The lowest BCUT2D eigenvalue weighted by atomic mass is 10.1.